The highest BCUT2D eigenvalue weighted by Gasteiger charge is 1.98. The van der Waals surface area contributed by atoms with Crippen LogP contribution in [0.3, 0.4) is 0 Å². The maximum atomic E-state index is 8.31. The molecule has 1 aromatic heterocycles. The second kappa shape index (κ2) is 6.36. The summed E-state index contributed by atoms with van der Waals surface area (Å²) in [6.45, 7) is 3.61. The summed E-state index contributed by atoms with van der Waals surface area (Å²) < 4.78 is 0. The Morgan fingerprint density at radius 2 is 2.53 bits per heavy atom. The van der Waals surface area contributed by atoms with Gasteiger partial charge in [-0.05, 0) is 19.9 Å². The molecule has 0 spiro atoms. The quantitative estimate of drug-likeness (QED) is 0.223. The Hall–Kier alpha value is -1.14. The van der Waals surface area contributed by atoms with Crippen molar-refractivity contribution in [3.8, 4) is 0 Å². The largest absolute Gasteiger partial charge is 0.409 e. The predicted molar refractivity (Wildman–Crippen MR) is 61.2 cm³/mol. The summed E-state index contributed by atoms with van der Waals surface area (Å²) in [7, 11) is 0. The number of hydrogen-bond donors (Lipinski definition) is 3. The number of nitrogens with one attached hydrogen (secondary N) is 1. The first kappa shape index (κ1) is 11.9. The van der Waals surface area contributed by atoms with E-state index in [2.05, 4.69) is 15.5 Å². The Kier molecular flexibility index (Phi) is 5.06. The maximum Gasteiger partial charge on any atom is 0.139 e. The van der Waals surface area contributed by atoms with Gasteiger partial charge in [-0.3, -0.25) is 0 Å². The van der Waals surface area contributed by atoms with Crippen molar-refractivity contribution in [1.82, 2.24) is 10.3 Å². The number of amidine groups is 1. The summed E-state index contributed by atoms with van der Waals surface area (Å²) in [6.07, 6.45) is 1.47. The van der Waals surface area contributed by atoms with Gasteiger partial charge in [0, 0.05) is 24.0 Å². The molecule has 84 valence electrons. The van der Waals surface area contributed by atoms with Gasteiger partial charge in [0.25, 0.3) is 0 Å². The summed E-state index contributed by atoms with van der Waals surface area (Å²) in [5, 5.41) is 17.6. The van der Waals surface area contributed by atoms with Crippen molar-refractivity contribution < 1.29 is 5.21 Å². The summed E-state index contributed by atoms with van der Waals surface area (Å²) in [5.41, 5.74) is 6.39. The molecule has 5 nitrogen and oxygen atoms in total. The van der Waals surface area contributed by atoms with E-state index in [-0.39, 0.29) is 5.84 Å². The molecule has 0 unspecified atom stereocenters. The van der Waals surface area contributed by atoms with Crippen LogP contribution in [0.4, 0.5) is 0 Å². The van der Waals surface area contributed by atoms with E-state index in [4.69, 9.17) is 10.9 Å². The molecule has 15 heavy (non-hydrogen) atoms. The molecule has 1 heterocycles. The van der Waals surface area contributed by atoms with Gasteiger partial charge in [0.1, 0.15) is 10.8 Å². The van der Waals surface area contributed by atoms with Crippen molar-refractivity contribution in [2.24, 2.45) is 10.9 Å². The van der Waals surface area contributed by atoms with Crippen molar-refractivity contribution in [3.63, 3.8) is 0 Å². The molecule has 1 aromatic rings. The first-order chi connectivity index (χ1) is 7.22. The summed E-state index contributed by atoms with van der Waals surface area (Å²) in [5.74, 6) is 0.280. The fraction of sp³-hybridized carbons (Fsp3) is 0.556. The molecule has 0 bridgehead atoms. The molecule has 0 saturated carbocycles. The van der Waals surface area contributed by atoms with Gasteiger partial charge in [-0.25, -0.2) is 4.98 Å². The Balaban J connectivity index is 2.07. The molecule has 0 aliphatic heterocycles. The lowest BCUT2D eigenvalue weighted by Gasteiger charge is -2.01. The molecule has 0 aliphatic carbocycles. The maximum absolute atomic E-state index is 8.31. The molecule has 0 amide bonds. The topological polar surface area (TPSA) is 83.5 Å². The molecular weight excluding hydrogens is 212 g/mol. The van der Waals surface area contributed by atoms with Crippen molar-refractivity contribution in [3.05, 3.63) is 16.1 Å². The Labute approximate surface area is 93.0 Å². The number of rotatable bonds is 6. The standard InChI is InChI=1S/C9H16N4OS/c1-7-6-15-9(12-7)5-11-4-2-3-8(10)13-14/h6,11,14H,2-5H2,1H3,(H2,10,13). The van der Waals surface area contributed by atoms with Crippen LogP contribution < -0.4 is 11.1 Å². The van der Waals surface area contributed by atoms with Crippen LogP contribution in [0.5, 0.6) is 0 Å². The highest BCUT2D eigenvalue weighted by atomic mass is 32.1. The van der Waals surface area contributed by atoms with Crippen LogP contribution in [0.15, 0.2) is 10.5 Å². The van der Waals surface area contributed by atoms with E-state index in [1.54, 1.807) is 11.3 Å². The van der Waals surface area contributed by atoms with E-state index in [0.29, 0.717) is 6.42 Å². The molecule has 0 radical (unpaired) electrons. The molecule has 0 aromatic carbocycles. The van der Waals surface area contributed by atoms with Gasteiger partial charge < -0.3 is 16.3 Å². The molecule has 0 fully saturated rings. The first-order valence-corrected chi connectivity index (χ1v) is 5.68. The second-order valence-electron chi connectivity index (χ2n) is 3.25. The lowest BCUT2D eigenvalue weighted by molar-refractivity contribution is 0.316. The van der Waals surface area contributed by atoms with Gasteiger partial charge in [-0.15, -0.1) is 11.3 Å². The van der Waals surface area contributed by atoms with E-state index in [0.717, 1.165) is 30.2 Å². The number of hydrogen-bond acceptors (Lipinski definition) is 5. The SMILES string of the molecule is Cc1csc(CNCCCC(N)=NO)n1. The van der Waals surface area contributed by atoms with Crippen molar-refractivity contribution >= 4 is 17.2 Å². The fourth-order valence-electron chi connectivity index (χ4n) is 1.12. The van der Waals surface area contributed by atoms with Crippen LogP contribution in [-0.4, -0.2) is 22.6 Å². The van der Waals surface area contributed by atoms with Crippen LogP contribution in [0, 0.1) is 6.92 Å². The number of aryl methyl sites for hydroxylation is 1. The predicted octanol–water partition coefficient (Wildman–Crippen LogP) is 1.07. The molecular formula is C9H16N4OS. The van der Waals surface area contributed by atoms with Gasteiger partial charge in [0.2, 0.25) is 0 Å². The number of aromatic nitrogens is 1. The average molecular weight is 228 g/mol. The zero-order valence-corrected chi connectivity index (χ0v) is 9.55. The van der Waals surface area contributed by atoms with Gasteiger partial charge in [0.05, 0.1) is 0 Å². The minimum atomic E-state index is 0.280. The summed E-state index contributed by atoms with van der Waals surface area (Å²) >= 11 is 1.66. The normalized spacial score (nSPS) is 11.9. The van der Waals surface area contributed by atoms with Crippen LogP contribution in [0.25, 0.3) is 0 Å². The number of nitrogens with two attached hydrogens (primary N) is 1. The van der Waals surface area contributed by atoms with Crippen molar-refractivity contribution in [1.29, 1.82) is 0 Å². The van der Waals surface area contributed by atoms with Gasteiger partial charge >= 0.3 is 0 Å². The molecule has 4 N–H and O–H groups in total. The van der Waals surface area contributed by atoms with Gasteiger partial charge in [-0.1, -0.05) is 5.16 Å². The van der Waals surface area contributed by atoms with Crippen molar-refractivity contribution in [2.45, 2.75) is 26.3 Å². The summed E-state index contributed by atoms with van der Waals surface area (Å²) in [4.78, 5) is 4.33. The van der Waals surface area contributed by atoms with E-state index < -0.39 is 0 Å². The monoisotopic (exact) mass is 228 g/mol. The smallest absolute Gasteiger partial charge is 0.139 e. The third kappa shape index (κ3) is 4.75. The number of thiazole rings is 1. The molecule has 0 atom stereocenters. The lowest BCUT2D eigenvalue weighted by atomic mass is 10.3. The third-order valence-corrected chi connectivity index (χ3v) is 2.82. The van der Waals surface area contributed by atoms with E-state index in [1.165, 1.54) is 0 Å². The minimum absolute atomic E-state index is 0.280. The van der Waals surface area contributed by atoms with Crippen LogP contribution in [0.2, 0.25) is 0 Å². The zero-order chi connectivity index (χ0) is 11.1. The minimum Gasteiger partial charge on any atom is -0.409 e. The highest BCUT2D eigenvalue weighted by Crippen LogP contribution is 2.07. The van der Waals surface area contributed by atoms with E-state index in [1.807, 2.05) is 12.3 Å². The van der Waals surface area contributed by atoms with Crippen LogP contribution in [0.1, 0.15) is 23.5 Å². The van der Waals surface area contributed by atoms with E-state index >= 15 is 0 Å². The Morgan fingerprint density at radius 1 is 1.73 bits per heavy atom. The Bertz CT molecular complexity index is 324. The number of nitrogens with zero attached hydrogens (tertiary/aromatic N) is 2. The molecule has 1 rings (SSSR count). The first-order valence-electron chi connectivity index (χ1n) is 4.80. The Morgan fingerprint density at radius 3 is 3.13 bits per heavy atom. The second-order valence-corrected chi connectivity index (χ2v) is 4.20. The molecule has 0 saturated heterocycles. The van der Waals surface area contributed by atoms with Crippen LogP contribution in [-0.2, 0) is 6.54 Å². The number of oxime groups is 1. The van der Waals surface area contributed by atoms with Crippen molar-refractivity contribution in [2.75, 3.05) is 6.54 Å². The van der Waals surface area contributed by atoms with Gasteiger partial charge in [0.15, 0.2) is 0 Å². The van der Waals surface area contributed by atoms with Crippen LogP contribution >= 0.6 is 11.3 Å². The third-order valence-electron chi connectivity index (χ3n) is 1.86. The molecule has 0 aliphatic rings. The molecule has 6 heteroatoms. The zero-order valence-electron chi connectivity index (χ0n) is 8.73. The lowest BCUT2D eigenvalue weighted by Crippen LogP contribution is -2.18. The summed E-state index contributed by atoms with van der Waals surface area (Å²) in [6, 6.07) is 0. The fourth-order valence-corrected chi connectivity index (χ4v) is 1.87. The highest BCUT2D eigenvalue weighted by molar-refractivity contribution is 7.09. The van der Waals surface area contributed by atoms with Gasteiger partial charge in [-0.2, -0.15) is 0 Å². The average Bonchev–Trinajstić information content (AvgIpc) is 2.63. The van der Waals surface area contributed by atoms with E-state index in [9.17, 15) is 0 Å².